The molecule has 0 spiro atoms. The first-order valence-corrected chi connectivity index (χ1v) is 5.60. The van der Waals surface area contributed by atoms with Crippen LogP contribution in [0.25, 0.3) is 0 Å². The number of halogens is 2. The topological polar surface area (TPSA) is 55.5 Å². The molecule has 0 aliphatic rings. The van der Waals surface area contributed by atoms with E-state index in [1.807, 2.05) is 0 Å². The summed E-state index contributed by atoms with van der Waals surface area (Å²) in [4.78, 5) is 0. The Morgan fingerprint density at radius 2 is 1.68 bits per heavy atom. The first kappa shape index (κ1) is 13.3. The van der Waals surface area contributed by atoms with Gasteiger partial charge in [-0.1, -0.05) is 18.2 Å². The Kier molecular flexibility index (Phi) is 3.66. The number of benzene rings is 2. The minimum absolute atomic E-state index is 0.153. The number of para-hydroxylation sites is 1. The van der Waals surface area contributed by atoms with E-state index in [-0.39, 0.29) is 11.3 Å². The summed E-state index contributed by atoms with van der Waals surface area (Å²) in [5, 5.41) is 10.1. The van der Waals surface area contributed by atoms with Gasteiger partial charge in [-0.15, -0.1) is 0 Å². The number of nitrogen functional groups attached to an aromatic ring is 1. The van der Waals surface area contributed by atoms with Crippen LogP contribution in [-0.4, -0.2) is 12.2 Å². The summed E-state index contributed by atoms with van der Waals surface area (Å²) in [6.07, 6.45) is -1.49. The van der Waals surface area contributed by atoms with Crippen LogP contribution in [0, 0.1) is 11.6 Å². The molecule has 0 heterocycles. The van der Waals surface area contributed by atoms with Crippen LogP contribution in [0.4, 0.5) is 14.5 Å². The van der Waals surface area contributed by atoms with E-state index in [0.717, 1.165) is 12.1 Å². The van der Waals surface area contributed by atoms with Gasteiger partial charge in [0.05, 0.1) is 18.4 Å². The molecule has 0 saturated heterocycles. The second-order valence-corrected chi connectivity index (χ2v) is 4.00. The lowest BCUT2D eigenvalue weighted by Crippen LogP contribution is -2.09. The zero-order valence-corrected chi connectivity index (χ0v) is 10.2. The van der Waals surface area contributed by atoms with Crippen LogP contribution in [0.2, 0.25) is 0 Å². The quantitative estimate of drug-likeness (QED) is 0.839. The fourth-order valence-electron chi connectivity index (χ4n) is 1.90. The van der Waals surface area contributed by atoms with E-state index >= 15 is 0 Å². The first-order chi connectivity index (χ1) is 9.06. The number of anilines is 1. The summed E-state index contributed by atoms with van der Waals surface area (Å²) in [6.45, 7) is 0. The van der Waals surface area contributed by atoms with E-state index in [9.17, 15) is 13.9 Å². The third kappa shape index (κ3) is 2.37. The molecule has 1 atom stereocenters. The Hall–Kier alpha value is -2.14. The Morgan fingerprint density at radius 1 is 1.11 bits per heavy atom. The molecule has 0 amide bonds. The number of hydrogen-bond acceptors (Lipinski definition) is 3. The number of nitrogens with two attached hydrogens (primary N) is 1. The standard InChI is InChI=1S/C14H13F2NO2/c1-19-11-7-2-4-8(13(11)17)14(18)12-9(15)5-3-6-10(12)16/h2-7,14,18H,17H2,1H3/t14-/m1/s1. The molecule has 0 bridgehead atoms. The third-order valence-corrected chi connectivity index (χ3v) is 2.89. The van der Waals surface area contributed by atoms with Crippen molar-refractivity contribution in [2.75, 3.05) is 12.8 Å². The molecular weight excluding hydrogens is 252 g/mol. The van der Waals surface area contributed by atoms with Gasteiger partial charge < -0.3 is 15.6 Å². The highest BCUT2D eigenvalue weighted by molar-refractivity contribution is 5.60. The summed E-state index contributed by atoms with van der Waals surface area (Å²) in [5.74, 6) is -1.31. The average Bonchev–Trinajstić information content (AvgIpc) is 2.38. The Bertz CT molecular complexity index is 582. The fourth-order valence-corrected chi connectivity index (χ4v) is 1.90. The van der Waals surface area contributed by atoms with E-state index in [4.69, 9.17) is 10.5 Å². The van der Waals surface area contributed by atoms with E-state index in [0.29, 0.717) is 5.75 Å². The maximum atomic E-state index is 13.6. The zero-order valence-electron chi connectivity index (χ0n) is 10.2. The summed E-state index contributed by atoms with van der Waals surface area (Å²) in [6, 6.07) is 8.08. The first-order valence-electron chi connectivity index (χ1n) is 5.60. The highest BCUT2D eigenvalue weighted by Gasteiger charge is 2.22. The normalized spacial score (nSPS) is 12.2. The summed E-state index contributed by atoms with van der Waals surface area (Å²) in [7, 11) is 1.42. The molecule has 100 valence electrons. The lowest BCUT2D eigenvalue weighted by Gasteiger charge is -2.17. The SMILES string of the molecule is COc1cccc([C@@H](O)c2c(F)cccc2F)c1N. The minimum atomic E-state index is -1.49. The molecule has 0 fully saturated rings. The molecule has 3 nitrogen and oxygen atoms in total. The van der Waals surface area contributed by atoms with Crippen LogP contribution in [0.3, 0.4) is 0 Å². The Balaban J connectivity index is 2.53. The second-order valence-electron chi connectivity index (χ2n) is 4.00. The lowest BCUT2D eigenvalue weighted by atomic mass is 9.98. The smallest absolute Gasteiger partial charge is 0.142 e. The summed E-state index contributed by atoms with van der Waals surface area (Å²) < 4.78 is 32.3. The van der Waals surface area contributed by atoms with Crippen LogP contribution in [0.5, 0.6) is 5.75 Å². The number of methoxy groups -OCH3 is 1. The van der Waals surface area contributed by atoms with E-state index < -0.39 is 23.3 Å². The predicted octanol–water partition coefficient (Wildman–Crippen LogP) is 2.64. The van der Waals surface area contributed by atoms with Gasteiger partial charge in [0.2, 0.25) is 0 Å². The predicted molar refractivity (Wildman–Crippen MR) is 67.8 cm³/mol. The van der Waals surface area contributed by atoms with Crippen molar-refractivity contribution in [1.82, 2.24) is 0 Å². The molecule has 19 heavy (non-hydrogen) atoms. The highest BCUT2D eigenvalue weighted by Crippen LogP contribution is 2.34. The largest absolute Gasteiger partial charge is 0.495 e. The molecular formula is C14H13F2NO2. The third-order valence-electron chi connectivity index (χ3n) is 2.89. The summed E-state index contributed by atoms with van der Waals surface area (Å²) in [5.41, 5.74) is 5.72. The van der Waals surface area contributed by atoms with Crippen molar-refractivity contribution in [3.8, 4) is 5.75 Å². The second kappa shape index (κ2) is 5.24. The Morgan fingerprint density at radius 3 is 2.26 bits per heavy atom. The number of rotatable bonds is 3. The molecule has 2 rings (SSSR count). The maximum absolute atomic E-state index is 13.6. The molecule has 0 unspecified atom stereocenters. The number of aliphatic hydroxyl groups excluding tert-OH is 1. The maximum Gasteiger partial charge on any atom is 0.142 e. The number of hydrogen-bond donors (Lipinski definition) is 2. The number of aliphatic hydroxyl groups is 1. The minimum Gasteiger partial charge on any atom is -0.495 e. The van der Waals surface area contributed by atoms with Crippen molar-refractivity contribution in [1.29, 1.82) is 0 Å². The molecule has 2 aromatic carbocycles. The van der Waals surface area contributed by atoms with E-state index in [2.05, 4.69) is 0 Å². The zero-order chi connectivity index (χ0) is 14.0. The van der Waals surface area contributed by atoms with Gasteiger partial charge >= 0.3 is 0 Å². The van der Waals surface area contributed by atoms with Gasteiger partial charge in [0.25, 0.3) is 0 Å². The Labute approximate surface area is 109 Å². The van der Waals surface area contributed by atoms with E-state index in [1.54, 1.807) is 12.1 Å². The molecule has 0 saturated carbocycles. The van der Waals surface area contributed by atoms with Gasteiger partial charge in [-0.2, -0.15) is 0 Å². The van der Waals surface area contributed by atoms with Crippen molar-refractivity contribution in [2.24, 2.45) is 0 Å². The van der Waals surface area contributed by atoms with Crippen LogP contribution in [0.1, 0.15) is 17.2 Å². The average molecular weight is 265 g/mol. The monoisotopic (exact) mass is 265 g/mol. The van der Waals surface area contributed by atoms with Crippen molar-refractivity contribution in [3.05, 3.63) is 59.2 Å². The highest BCUT2D eigenvalue weighted by atomic mass is 19.1. The van der Waals surface area contributed by atoms with Crippen LogP contribution in [0.15, 0.2) is 36.4 Å². The van der Waals surface area contributed by atoms with Gasteiger partial charge in [0, 0.05) is 5.56 Å². The molecule has 0 radical (unpaired) electrons. The lowest BCUT2D eigenvalue weighted by molar-refractivity contribution is 0.209. The van der Waals surface area contributed by atoms with E-state index in [1.165, 1.54) is 19.2 Å². The number of ether oxygens (including phenoxy) is 1. The van der Waals surface area contributed by atoms with Gasteiger partial charge in [-0.25, -0.2) is 8.78 Å². The molecule has 0 aromatic heterocycles. The fraction of sp³-hybridized carbons (Fsp3) is 0.143. The van der Waals surface area contributed by atoms with Gasteiger partial charge in [-0.05, 0) is 18.2 Å². The van der Waals surface area contributed by atoms with Crippen LogP contribution < -0.4 is 10.5 Å². The van der Waals surface area contributed by atoms with Crippen molar-refractivity contribution < 1.29 is 18.6 Å². The molecule has 0 aliphatic heterocycles. The van der Waals surface area contributed by atoms with Crippen molar-refractivity contribution >= 4 is 5.69 Å². The molecule has 0 aliphatic carbocycles. The summed E-state index contributed by atoms with van der Waals surface area (Å²) >= 11 is 0. The molecule has 5 heteroatoms. The van der Waals surface area contributed by atoms with Crippen molar-refractivity contribution in [3.63, 3.8) is 0 Å². The molecule has 3 N–H and O–H groups in total. The van der Waals surface area contributed by atoms with Gasteiger partial charge in [0.15, 0.2) is 0 Å². The van der Waals surface area contributed by atoms with Crippen LogP contribution in [-0.2, 0) is 0 Å². The molecule has 2 aromatic rings. The van der Waals surface area contributed by atoms with Gasteiger partial charge in [0.1, 0.15) is 23.5 Å². The van der Waals surface area contributed by atoms with Crippen LogP contribution >= 0.6 is 0 Å². The van der Waals surface area contributed by atoms with Gasteiger partial charge in [-0.3, -0.25) is 0 Å². The van der Waals surface area contributed by atoms with Crippen molar-refractivity contribution in [2.45, 2.75) is 6.10 Å².